The summed E-state index contributed by atoms with van der Waals surface area (Å²) in [6.45, 7) is 1.91. The predicted octanol–water partition coefficient (Wildman–Crippen LogP) is 0.809. The van der Waals surface area contributed by atoms with E-state index in [-0.39, 0.29) is 29.7 Å². The molecule has 1 aromatic rings. The number of hydrogen-bond donors (Lipinski definition) is 3. The van der Waals surface area contributed by atoms with Crippen molar-refractivity contribution in [1.82, 2.24) is 15.5 Å². The smallest absolute Gasteiger partial charge is 0.255 e. The Hall–Kier alpha value is -2.25. The molecule has 27 heavy (non-hydrogen) atoms. The molecule has 1 aromatic carbocycles. The highest BCUT2D eigenvalue weighted by Gasteiger charge is 2.40. The van der Waals surface area contributed by atoms with Gasteiger partial charge >= 0.3 is 0 Å². The van der Waals surface area contributed by atoms with Crippen molar-refractivity contribution in [3.05, 3.63) is 34.9 Å². The van der Waals surface area contributed by atoms with E-state index < -0.39 is 6.04 Å². The molecule has 1 saturated carbocycles. The van der Waals surface area contributed by atoms with Gasteiger partial charge in [-0.25, -0.2) is 0 Å². The van der Waals surface area contributed by atoms with Crippen molar-refractivity contribution in [3.8, 4) is 0 Å². The van der Waals surface area contributed by atoms with Gasteiger partial charge in [-0.3, -0.25) is 19.7 Å². The SMILES string of the molecule is NC1(CCCNCc2cccc3c2C(=O)N(C2CCC(=O)NC2=O)C3)CC1. The van der Waals surface area contributed by atoms with Crippen LogP contribution >= 0.6 is 0 Å². The van der Waals surface area contributed by atoms with E-state index in [1.807, 2.05) is 18.2 Å². The molecule has 3 amide bonds. The molecule has 1 aliphatic carbocycles. The summed E-state index contributed by atoms with van der Waals surface area (Å²) in [6.07, 6.45) is 4.98. The van der Waals surface area contributed by atoms with Gasteiger partial charge in [0.1, 0.15) is 6.04 Å². The van der Waals surface area contributed by atoms with Crippen molar-refractivity contribution < 1.29 is 14.4 Å². The number of rotatable bonds is 7. The molecule has 2 aliphatic heterocycles. The summed E-state index contributed by atoms with van der Waals surface area (Å²) in [7, 11) is 0. The first kappa shape index (κ1) is 18.1. The minimum Gasteiger partial charge on any atom is -0.325 e. The van der Waals surface area contributed by atoms with E-state index >= 15 is 0 Å². The van der Waals surface area contributed by atoms with Gasteiger partial charge in [-0.1, -0.05) is 18.2 Å². The lowest BCUT2D eigenvalue weighted by atomic mass is 10.0. The number of nitrogens with one attached hydrogen (secondary N) is 2. The summed E-state index contributed by atoms with van der Waals surface area (Å²) >= 11 is 0. The summed E-state index contributed by atoms with van der Waals surface area (Å²) < 4.78 is 0. The van der Waals surface area contributed by atoms with E-state index in [0.29, 0.717) is 25.1 Å². The number of hydrogen-bond acceptors (Lipinski definition) is 5. The van der Waals surface area contributed by atoms with Crippen molar-refractivity contribution in [2.75, 3.05) is 6.54 Å². The molecule has 0 bridgehead atoms. The van der Waals surface area contributed by atoms with Crippen LogP contribution in [0.2, 0.25) is 0 Å². The fourth-order valence-corrected chi connectivity index (χ4v) is 4.04. The van der Waals surface area contributed by atoms with Crippen LogP contribution in [0.3, 0.4) is 0 Å². The number of fused-ring (bicyclic) bond motifs is 1. The van der Waals surface area contributed by atoms with Crippen LogP contribution in [-0.4, -0.2) is 40.7 Å². The Labute approximate surface area is 158 Å². The first-order valence-electron chi connectivity index (χ1n) is 9.72. The summed E-state index contributed by atoms with van der Waals surface area (Å²) in [5.74, 6) is -0.755. The van der Waals surface area contributed by atoms with Crippen molar-refractivity contribution >= 4 is 17.7 Å². The van der Waals surface area contributed by atoms with E-state index in [1.54, 1.807) is 4.90 Å². The fraction of sp³-hybridized carbons (Fsp3) is 0.550. The lowest BCUT2D eigenvalue weighted by Crippen LogP contribution is -2.52. The number of imide groups is 1. The number of piperidine rings is 1. The zero-order chi connectivity index (χ0) is 19.0. The molecule has 1 unspecified atom stereocenters. The van der Waals surface area contributed by atoms with E-state index in [4.69, 9.17) is 5.73 Å². The summed E-state index contributed by atoms with van der Waals surface area (Å²) in [4.78, 5) is 38.1. The third kappa shape index (κ3) is 3.75. The van der Waals surface area contributed by atoms with Gasteiger partial charge < -0.3 is 16.0 Å². The molecule has 1 atom stereocenters. The molecule has 2 fully saturated rings. The minimum absolute atomic E-state index is 0.0775. The number of benzene rings is 1. The van der Waals surface area contributed by atoms with E-state index in [0.717, 1.165) is 43.4 Å². The largest absolute Gasteiger partial charge is 0.325 e. The van der Waals surface area contributed by atoms with Gasteiger partial charge in [-0.15, -0.1) is 0 Å². The molecule has 0 aromatic heterocycles. The van der Waals surface area contributed by atoms with E-state index in [2.05, 4.69) is 10.6 Å². The van der Waals surface area contributed by atoms with Crippen LogP contribution in [0.4, 0.5) is 0 Å². The van der Waals surface area contributed by atoms with Gasteiger partial charge in [-0.2, -0.15) is 0 Å². The summed E-state index contributed by atoms with van der Waals surface area (Å²) in [5, 5.41) is 5.75. The van der Waals surface area contributed by atoms with Crippen LogP contribution in [0.15, 0.2) is 18.2 Å². The Morgan fingerprint density at radius 3 is 2.81 bits per heavy atom. The molecule has 144 valence electrons. The second-order valence-electron chi connectivity index (χ2n) is 7.99. The molecule has 2 heterocycles. The maximum Gasteiger partial charge on any atom is 0.255 e. The van der Waals surface area contributed by atoms with Crippen molar-refractivity contribution in [1.29, 1.82) is 0 Å². The molecule has 3 aliphatic rings. The summed E-state index contributed by atoms with van der Waals surface area (Å²) in [5.41, 5.74) is 8.79. The molecule has 4 N–H and O–H groups in total. The Balaban J connectivity index is 1.39. The first-order valence-corrected chi connectivity index (χ1v) is 9.72. The highest BCUT2D eigenvalue weighted by Crippen LogP contribution is 2.36. The van der Waals surface area contributed by atoms with Crippen LogP contribution in [-0.2, 0) is 22.7 Å². The third-order valence-corrected chi connectivity index (χ3v) is 5.87. The number of nitrogens with two attached hydrogens (primary N) is 1. The monoisotopic (exact) mass is 370 g/mol. The van der Waals surface area contributed by atoms with Crippen LogP contribution in [0.5, 0.6) is 0 Å². The lowest BCUT2D eigenvalue weighted by molar-refractivity contribution is -0.136. The van der Waals surface area contributed by atoms with Crippen molar-refractivity contribution in [3.63, 3.8) is 0 Å². The van der Waals surface area contributed by atoms with E-state index in [1.165, 1.54) is 0 Å². The highest BCUT2D eigenvalue weighted by atomic mass is 16.2. The Kier molecular flexibility index (Phi) is 4.74. The zero-order valence-corrected chi connectivity index (χ0v) is 15.4. The van der Waals surface area contributed by atoms with Gasteiger partial charge in [0.05, 0.1) is 0 Å². The molecular weight excluding hydrogens is 344 g/mol. The average Bonchev–Trinajstić information content (AvgIpc) is 3.27. The third-order valence-electron chi connectivity index (χ3n) is 5.87. The molecule has 7 heteroatoms. The molecule has 0 radical (unpaired) electrons. The van der Waals surface area contributed by atoms with E-state index in [9.17, 15) is 14.4 Å². The second-order valence-corrected chi connectivity index (χ2v) is 7.99. The highest BCUT2D eigenvalue weighted by molar-refractivity contribution is 6.05. The lowest BCUT2D eigenvalue weighted by Gasteiger charge is -2.29. The Bertz CT molecular complexity index is 787. The predicted molar refractivity (Wildman–Crippen MR) is 99.6 cm³/mol. The van der Waals surface area contributed by atoms with Crippen LogP contribution in [0.25, 0.3) is 0 Å². The minimum atomic E-state index is -0.567. The van der Waals surface area contributed by atoms with Gasteiger partial charge in [0.2, 0.25) is 11.8 Å². The van der Waals surface area contributed by atoms with Gasteiger partial charge in [-0.05, 0) is 49.8 Å². The molecule has 0 spiro atoms. The summed E-state index contributed by atoms with van der Waals surface area (Å²) in [6, 6.07) is 5.29. The quantitative estimate of drug-likeness (QED) is 0.487. The van der Waals surface area contributed by atoms with Gasteiger partial charge in [0.15, 0.2) is 0 Å². The second kappa shape index (κ2) is 7.05. The zero-order valence-electron chi connectivity index (χ0n) is 15.4. The Morgan fingerprint density at radius 2 is 2.07 bits per heavy atom. The number of nitrogens with zero attached hydrogens (tertiary/aromatic N) is 1. The number of carbonyl (C=O) groups is 3. The number of carbonyl (C=O) groups excluding carboxylic acids is 3. The molecule has 4 rings (SSSR count). The average molecular weight is 370 g/mol. The van der Waals surface area contributed by atoms with Crippen LogP contribution in [0, 0.1) is 0 Å². The maximum absolute atomic E-state index is 13.0. The molecule has 1 saturated heterocycles. The standard InChI is InChI=1S/C20H26N4O3/c21-20(8-9-20)7-2-10-22-11-13-3-1-4-14-12-24(19(27)17(13)14)15-5-6-16(25)23-18(15)26/h1,3-4,15,22H,2,5-12,21H2,(H,23,25,26). The van der Waals surface area contributed by atoms with Crippen molar-refractivity contribution in [2.24, 2.45) is 5.73 Å². The van der Waals surface area contributed by atoms with Gasteiger partial charge in [0, 0.05) is 30.6 Å². The van der Waals surface area contributed by atoms with Crippen LogP contribution in [0.1, 0.15) is 60.0 Å². The van der Waals surface area contributed by atoms with Crippen LogP contribution < -0.4 is 16.4 Å². The number of amides is 3. The normalized spacial score (nSPS) is 23.4. The fourth-order valence-electron chi connectivity index (χ4n) is 4.04. The first-order chi connectivity index (χ1) is 13.0. The maximum atomic E-state index is 13.0. The Morgan fingerprint density at radius 1 is 1.26 bits per heavy atom. The molecular formula is C20H26N4O3. The van der Waals surface area contributed by atoms with Gasteiger partial charge in [0.25, 0.3) is 5.91 Å². The topological polar surface area (TPSA) is 105 Å². The van der Waals surface area contributed by atoms with Crippen molar-refractivity contribution in [2.45, 2.75) is 63.2 Å². The molecule has 7 nitrogen and oxygen atoms in total.